The second-order valence-corrected chi connectivity index (χ2v) is 8.90. The topological polar surface area (TPSA) is 90.0 Å². The number of carbonyl (C=O) groups excluding carboxylic acids is 1. The minimum atomic E-state index is -3.47. The third-order valence-electron chi connectivity index (χ3n) is 5.26. The van der Waals surface area contributed by atoms with Crippen molar-refractivity contribution >= 4 is 16.1 Å². The maximum atomic E-state index is 12.6. The Morgan fingerprint density at radius 2 is 1.77 bits per heavy atom. The average Bonchev–Trinajstić information content (AvgIpc) is 2.69. The number of carbonyl (C=O) groups is 1. The summed E-state index contributed by atoms with van der Waals surface area (Å²) in [7, 11) is -3.47. The van der Waals surface area contributed by atoms with Gasteiger partial charge in [-0.3, -0.25) is 0 Å². The molecule has 2 heterocycles. The van der Waals surface area contributed by atoms with Gasteiger partial charge in [0.1, 0.15) is 0 Å². The van der Waals surface area contributed by atoms with Crippen LogP contribution in [0.1, 0.15) is 32.1 Å². The summed E-state index contributed by atoms with van der Waals surface area (Å²) in [6.45, 7) is 1.44. The molecule has 1 aromatic rings. The Bertz CT molecular complexity index is 702. The number of aliphatic hydroxyl groups excluding tert-OH is 1. The molecule has 0 aliphatic carbocycles. The molecule has 26 heavy (non-hydrogen) atoms. The van der Waals surface area contributed by atoms with E-state index in [0.717, 1.165) is 19.3 Å². The molecule has 8 heteroatoms. The lowest BCUT2D eigenvalue weighted by Gasteiger charge is -2.37. The van der Waals surface area contributed by atoms with E-state index in [1.165, 1.54) is 4.31 Å². The molecule has 2 aliphatic heterocycles. The van der Waals surface area contributed by atoms with E-state index in [0.29, 0.717) is 37.4 Å². The van der Waals surface area contributed by atoms with Crippen molar-refractivity contribution in [2.24, 2.45) is 0 Å². The van der Waals surface area contributed by atoms with E-state index in [9.17, 15) is 18.3 Å². The largest absolute Gasteiger partial charge is 0.394 e. The van der Waals surface area contributed by atoms with Crippen LogP contribution in [0.25, 0.3) is 0 Å². The van der Waals surface area contributed by atoms with Crippen molar-refractivity contribution in [3.8, 4) is 0 Å². The Morgan fingerprint density at radius 3 is 2.42 bits per heavy atom. The van der Waals surface area contributed by atoms with Crippen molar-refractivity contribution in [2.75, 3.05) is 26.2 Å². The minimum Gasteiger partial charge on any atom is -0.394 e. The first kappa shape index (κ1) is 19.1. The maximum absolute atomic E-state index is 12.6. The molecule has 2 fully saturated rings. The summed E-state index contributed by atoms with van der Waals surface area (Å²) in [5.41, 5.74) is 0. The van der Waals surface area contributed by atoms with Crippen molar-refractivity contribution in [3.05, 3.63) is 30.3 Å². The van der Waals surface area contributed by atoms with Crippen LogP contribution in [0, 0.1) is 0 Å². The number of sulfonamides is 1. The highest BCUT2D eigenvalue weighted by Crippen LogP contribution is 2.21. The normalized spacial score (nSPS) is 23.0. The van der Waals surface area contributed by atoms with Gasteiger partial charge in [0, 0.05) is 25.7 Å². The molecule has 0 spiro atoms. The first-order chi connectivity index (χ1) is 12.5. The van der Waals surface area contributed by atoms with Crippen LogP contribution in [0.5, 0.6) is 0 Å². The van der Waals surface area contributed by atoms with E-state index < -0.39 is 10.0 Å². The molecule has 1 atom stereocenters. The van der Waals surface area contributed by atoms with Gasteiger partial charge in [0.05, 0.1) is 17.5 Å². The monoisotopic (exact) mass is 381 g/mol. The number of hydrogen-bond donors (Lipinski definition) is 2. The molecule has 7 nitrogen and oxygen atoms in total. The van der Waals surface area contributed by atoms with Crippen LogP contribution in [-0.2, 0) is 10.0 Å². The number of nitrogens with zero attached hydrogens (tertiary/aromatic N) is 2. The number of urea groups is 1. The van der Waals surface area contributed by atoms with E-state index in [-0.39, 0.29) is 24.7 Å². The van der Waals surface area contributed by atoms with Gasteiger partial charge in [-0.15, -0.1) is 0 Å². The summed E-state index contributed by atoms with van der Waals surface area (Å²) in [6.07, 6.45) is 4.00. The van der Waals surface area contributed by atoms with Crippen LogP contribution in [0.15, 0.2) is 35.2 Å². The van der Waals surface area contributed by atoms with Gasteiger partial charge in [-0.1, -0.05) is 18.2 Å². The van der Waals surface area contributed by atoms with Crippen molar-refractivity contribution in [2.45, 2.75) is 49.1 Å². The predicted octanol–water partition coefficient (Wildman–Crippen LogP) is 1.40. The average molecular weight is 381 g/mol. The molecule has 0 unspecified atom stereocenters. The molecule has 0 saturated carbocycles. The van der Waals surface area contributed by atoms with Gasteiger partial charge in [0.2, 0.25) is 10.0 Å². The SMILES string of the molecule is O=C(NC1CCN(S(=O)(=O)c2ccccc2)CC1)N1CCCC[C@H]1CO. The number of piperidine rings is 2. The van der Waals surface area contributed by atoms with Gasteiger partial charge in [-0.25, -0.2) is 13.2 Å². The first-order valence-electron chi connectivity index (χ1n) is 9.25. The molecule has 2 amide bonds. The lowest BCUT2D eigenvalue weighted by Crippen LogP contribution is -2.54. The number of hydrogen-bond acceptors (Lipinski definition) is 4. The van der Waals surface area contributed by atoms with Crippen LogP contribution >= 0.6 is 0 Å². The minimum absolute atomic E-state index is 0.0127. The smallest absolute Gasteiger partial charge is 0.317 e. The molecule has 144 valence electrons. The van der Waals surface area contributed by atoms with Gasteiger partial charge >= 0.3 is 6.03 Å². The maximum Gasteiger partial charge on any atom is 0.317 e. The van der Waals surface area contributed by atoms with Gasteiger partial charge in [-0.05, 0) is 44.2 Å². The Balaban J connectivity index is 1.54. The molecule has 2 saturated heterocycles. The number of aliphatic hydroxyl groups is 1. The zero-order valence-corrected chi connectivity index (χ0v) is 15.7. The Kier molecular flexibility index (Phi) is 6.16. The predicted molar refractivity (Wildman–Crippen MR) is 98.2 cm³/mol. The van der Waals surface area contributed by atoms with Crippen LogP contribution in [0.3, 0.4) is 0 Å². The Morgan fingerprint density at radius 1 is 1.08 bits per heavy atom. The van der Waals surface area contributed by atoms with Crippen LogP contribution in [0.2, 0.25) is 0 Å². The van der Waals surface area contributed by atoms with E-state index >= 15 is 0 Å². The molecule has 3 rings (SSSR count). The van der Waals surface area contributed by atoms with Gasteiger partial charge in [0.25, 0.3) is 0 Å². The first-order valence-corrected chi connectivity index (χ1v) is 10.7. The van der Waals surface area contributed by atoms with E-state index in [1.807, 2.05) is 0 Å². The Hall–Kier alpha value is -1.64. The molecule has 1 aromatic carbocycles. The zero-order chi connectivity index (χ0) is 18.6. The zero-order valence-electron chi connectivity index (χ0n) is 14.9. The van der Waals surface area contributed by atoms with Crippen molar-refractivity contribution < 1.29 is 18.3 Å². The fourth-order valence-corrected chi connectivity index (χ4v) is 5.19. The second-order valence-electron chi connectivity index (χ2n) is 6.97. The quantitative estimate of drug-likeness (QED) is 0.825. The second kappa shape index (κ2) is 8.37. The Labute approximate surface area is 155 Å². The molecule has 0 aromatic heterocycles. The van der Waals surface area contributed by atoms with E-state index in [1.54, 1.807) is 35.2 Å². The molecule has 0 bridgehead atoms. The van der Waals surface area contributed by atoms with Crippen LogP contribution in [-0.4, -0.2) is 67.1 Å². The number of benzene rings is 1. The molecular weight excluding hydrogens is 354 g/mol. The fourth-order valence-electron chi connectivity index (χ4n) is 3.70. The van der Waals surface area contributed by atoms with Crippen LogP contribution < -0.4 is 5.32 Å². The molecular formula is C18H27N3O4S. The molecule has 2 N–H and O–H groups in total. The highest BCUT2D eigenvalue weighted by molar-refractivity contribution is 7.89. The van der Waals surface area contributed by atoms with Gasteiger partial charge in [-0.2, -0.15) is 4.31 Å². The third kappa shape index (κ3) is 4.19. The lowest BCUT2D eigenvalue weighted by atomic mass is 10.0. The van der Waals surface area contributed by atoms with Crippen molar-refractivity contribution in [3.63, 3.8) is 0 Å². The fraction of sp³-hybridized carbons (Fsp3) is 0.611. The van der Waals surface area contributed by atoms with E-state index in [4.69, 9.17) is 0 Å². The molecule has 2 aliphatic rings. The number of rotatable bonds is 4. The van der Waals surface area contributed by atoms with E-state index in [2.05, 4.69) is 5.32 Å². The summed E-state index contributed by atoms with van der Waals surface area (Å²) in [5, 5.41) is 12.5. The number of nitrogens with one attached hydrogen (secondary N) is 1. The van der Waals surface area contributed by atoms with Crippen LogP contribution in [0.4, 0.5) is 4.79 Å². The van der Waals surface area contributed by atoms with Gasteiger partial charge < -0.3 is 15.3 Å². The lowest BCUT2D eigenvalue weighted by molar-refractivity contribution is 0.104. The summed E-state index contributed by atoms with van der Waals surface area (Å²) in [6, 6.07) is 8.15. The van der Waals surface area contributed by atoms with Gasteiger partial charge in [0.15, 0.2) is 0 Å². The summed E-state index contributed by atoms with van der Waals surface area (Å²) < 4.78 is 26.8. The highest BCUT2D eigenvalue weighted by Gasteiger charge is 2.32. The van der Waals surface area contributed by atoms with Crippen molar-refractivity contribution in [1.29, 1.82) is 0 Å². The standard InChI is InChI=1S/C18H27N3O4S/c22-14-16-6-4-5-11-21(16)18(23)19-15-9-12-20(13-10-15)26(24,25)17-7-2-1-3-8-17/h1-3,7-8,15-16,22H,4-6,9-14H2,(H,19,23)/t16-/m0/s1. The molecule has 0 radical (unpaired) electrons. The summed E-state index contributed by atoms with van der Waals surface area (Å²) in [4.78, 5) is 14.5. The number of amides is 2. The highest BCUT2D eigenvalue weighted by atomic mass is 32.2. The summed E-state index contributed by atoms with van der Waals surface area (Å²) in [5.74, 6) is 0. The summed E-state index contributed by atoms with van der Waals surface area (Å²) >= 11 is 0. The number of likely N-dealkylation sites (tertiary alicyclic amines) is 1. The van der Waals surface area contributed by atoms with Crippen molar-refractivity contribution in [1.82, 2.24) is 14.5 Å². The third-order valence-corrected chi connectivity index (χ3v) is 7.17.